The first-order valence-electron chi connectivity index (χ1n) is 9.32. The van der Waals surface area contributed by atoms with Gasteiger partial charge in [0.05, 0.1) is 0 Å². The van der Waals surface area contributed by atoms with Gasteiger partial charge in [-0.2, -0.15) is 0 Å². The van der Waals surface area contributed by atoms with Crippen LogP contribution in [0.1, 0.15) is 70.6 Å². The zero-order chi connectivity index (χ0) is 20.8. The number of aryl methyl sites for hydroxylation is 3. The molecule has 0 fully saturated rings. The Hall–Kier alpha value is -2.90. The number of nitrogens with one attached hydrogen (secondary N) is 1. The molecule has 0 aromatic carbocycles. The predicted molar refractivity (Wildman–Crippen MR) is 104 cm³/mol. The van der Waals surface area contributed by atoms with Gasteiger partial charge in [0.15, 0.2) is 5.69 Å². The Bertz CT molecular complexity index is 1010. The Balaban J connectivity index is 1.95. The number of rotatable bonds is 3. The molecule has 28 heavy (non-hydrogen) atoms. The maximum absolute atomic E-state index is 12.9. The van der Waals surface area contributed by atoms with Crippen molar-refractivity contribution in [2.24, 2.45) is 17.1 Å². The van der Waals surface area contributed by atoms with Crippen LogP contribution in [0.3, 0.4) is 0 Å². The zero-order valence-electron chi connectivity index (χ0n) is 16.9. The second-order valence-corrected chi connectivity index (χ2v) is 8.53. The number of nitrogens with zero attached hydrogens (tertiary/aromatic N) is 2. The molecule has 1 aliphatic carbocycles. The van der Waals surface area contributed by atoms with Gasteiger partial charge in [-0.05, 0) is 49.7 Å². The summed E-state index contributed by atoms with van der Waals surface area (Å²) in [5.41, 5.74) is 9.05. The average Bonchev–Trinajstić information content (AvgIpc) is 3.00. The second kappa shape index (κ2) is 6.92. The number of pyridine rings is 1. The molecule has 8 heteroatoms. The molecule has 0 radical (unpaired) electrons. The van der Waals surface area contributed by atoms with E-state index in [1.165, 1.54) is 0 Å². The second-order valence-electron chi connectivity index (χ2n) is 8.53. The van der Waals surface area contributed by atoms with Gasteiger partial charge in [-0.15, -0.1) is 0 Å². The van der Waals surface area contributed by atoms with Gasteiger partial charge in [0.1, 0.15) is 11.3 Å². The van der Waals surface area contributed by atoms with E-state index in [4.69, 9.17) is 10.3 Å². The first-order valence-corrected chi connectivity index (χ1v) is 9.32. The van der Waals surface area contributed by atoms with Crippen LogP contribution in [0.2, 0.25) is 0 Å². The summed E-state index contributed by atoms with van der Waals surface area (Å²) in [6.45, 7) is 9.82. The predicted octanol–water partition coefficient (Wildman–Crippen LogP) is 2.09. The van der Waals surface area contributed by atoms with Crippen molar-refractivity contribution in [2.75, 3.05) is 5.43 Å². The molecule has 2 heterocycles. The van der Waals surface area contributed by atoms with E-state index in [1.54, 1.807) is 19.9 Å². The largest absolute Gasteiger partial charge is 0.365 e. The van der Waals surface area contributed by atoms with Gasteiger partial charge in [0.2, 0.25) is 0 Å². The van der Waals surface area contributed by atoms with E-state index in [9.17, 15) is 14.4 Å². The SMILES string of the molecule is Cc1cc(C)n(NC(=O)c2noc3c2CC(C(C)(C)C)CC3)c(=O)c1C(N)=O. The minimum Gasteiger partial charge on any atom is -0.365 e. The molecule has 0 aliphatic heterocycles. The Kier molecular flexibility index (Phi) is 4.91. The fraction of sp³-hybridized carbons (Fsp3) is 0.500. The first-order chi connectivity index (χ1) is 13.0. The van der Waals surface area contributed by atoms with Crippen LogP contribution in [-0.4, -0.2) is 21.6 Å². The van der Waals surface area contributed by atoms with E-state index in [-0.39, 0.29) is 16.7 Å². The Morgan fingerprint density at radius 3 is 2.61 bits per heavy atom. The quantitative estimate of drug-likeness (QED) is 0.837. The number of carbonyl (C=O) groups excluding carboxylic acids is 2. The van der Waals surface area contributed by atoms with Gasteiger partial charge in [-0.1, -0.05) is 25.9 Å². The molecule has 1 unspecified atom stereocenters. The lowest BCUT2D eigenvalue weighted by Gasteiger charge is -2.33. The monoisotopic (exact) mass is 386 g/mol. The summed E-state index contributed by atoms with van der Waals surface area (Å²) < 4.78 is 6.40. The van der Waals surface area contributed by atoms with Crippen molar-refractivity contribution in [3.63, 3.8) is 0 Å². The maximum atomic E-state index is 12.9. The van der Waals surface area contributed by atoms with Gasteiger partial charge < -0.3 is 10.3 Å². The molecule has 0 saturated heterocycles. The van der Waals surface area contributed by atoms with Crippen LogP contribution in [0.25, 0.3) is 0 Å². The van der Waals surface area contributed by atoms with E-state index >= 15 is 0 Å². The van der Waals surface area contributed by atoms with Crippen LogP contribution in [0, 0.1) is 25.2 Å². The summed E-state index contributed by atoms with van der Waals surface area (Å²) in [4.78, 5) is 37.1. The third-order valence-electron chi connectivity index (χ3n) is 5.53. The third kappa shape index (κ3) is 3.46. The number of aromatic nitrogens is 2. The molecule has 8 nitrogen and oxygen atoms in total. The van der Waals surface area contributed by atoms with Crippen LogP contribution in [0.4, 0.5) is 0 Å². The standard InChI is InChI=1S/C20H26N4O4/c1-10-8-11(2)24(19(27)15(10)17(21)25)22-18(26)16-13-9-12(20(3,4)5)6-7-14(13)28-23-16/h8,12H,6-7,9H2,1-5H3,(H2,21,25)(H,22,26). The summed E-state index contributed by atoms with van der Waals surface area (Å²) in [6, 6.07) is 1.62. The van der Waals surface area contributed by atoms with Crippen molar-refractivity contribution in [1.82, 2.24) is 9.83 Å². The summed E-state index contributed by atoms with van der Waals surface area (Å²) >= 11 is 0. The minimum atomic E-state index is -0.836. The lowest BCUT2D eigenvalue weighted by Crippen LogP contribution is -2.39. The average molecular weight is 386 g/mol. The van der Waals surface area contributed by atoms with Gasteiger partial charge in [0.25, 0.3) is 17.4 Å². The van der Waals surface area contributed by atoms with Gasteiger partial charge in [-0.3, -0.25) is 19.8 Å². The highest BCUT2D eigenvalue weighted by Gasteiger charge is 2.34. The Morgan fingerprint density at radius 1 is 1.32 bits per heavy atom. The molecule has 3 N–H and O–H groups in total. The Morgan fingerprint density at radius 2 is 2.00 bits per heavy atom. The van der Waals surface area contributed by atoms with Gasteiger partial charge in [0, 0.05) is 17.7 Å². The number of amides is 2. The number of primary amides is 1. The highest BCUT2D eigenvalue weighted by molar-refractivity contribution is 6.00. The lowest BCUT2D eigenvalue weighted by atomic mass is 9.71. The number of hydrogen-bond donors (Lipinski definition) is 2. The summed E-state index contributed by atoms with van der Waals surface area (Å²) in [5, 5.41) is 3.95. The maximum Gasteiger partial charge on any atom is 0.292 e. The minimum absolute atomic E-state index is 0.101. The van der Waals surface area contributed by atoms with E-state index in [2.05, 4.69) is 31.4 Å². The Labute approximate surface area is 163 Å². The van der Waals surface area contributed by atoms with Crippen molar-refractivity contribution >= 4 is 11.8 Å². The number of fused-ring (bicyclic) bond motifs is 1. The molecular formula is C20H26N4O4. The third-order valence-corrected chi connectivity index (χ3v) is 5.53. The van der Waals surface area contributed by atoms with Crippen molar-refractivity contribution in [3.05, 3.63) is 50.3 Å². The fourth-order valence-electron chi connectivity index (χ4n) is 3.81. The number of hydrogen-bond acceptors (Lipinski definition) is 5. The molecule has 2 aromatic heterocycles. The van der Waals surface area contributed by atoms with Crippen molar-refractivity contribution in [3.8, 4) is 0 Å². The summed E-state index contributed by atoms with van der Waals surface area (Å²) in [5.74, 6) is -0.269. The van der Waals surface area contributed by atoms with Crippen molar-refractivity contribution < 1.29 is 14.1 Å². The molecule has 0 saturated carbocycles. The van der Waals surface area contributed by atoms with Crippen molar-refractivity contribution in [1.29, 1.82) is 0 Å². The van der Waals surface area contributed by atoms with Crippen LogP contribution < -0.4 is 16.7 Å². The molecule has 1 atom stereocenters. The summed E-state index contributed by atoms with van der Waals surface area (Å²) in [7, 11) is 0. The molecular weight excluding hydrogens is 360 g/mol. The molecule has 0 spiro atoms. The molecule has 3 rings (SSSR count). The first kappa shape index (κ1) is 19.9. The van der Waals surface area contributed by atoms with Crippen LogP contribution in [0.15, 0.2) is 15.4 Å². The molecule has 1 aliphatic rings. The number of nitrogens with two attached hydrogens (primary N) is 1. The van der Waals surface area contributed by atoms with Crippen molar-refractivity contribution in [2.45, 2.75) is 53.9 Å². The van der Waals surface area contributed by atoms with Crippen LogP contribution in [0.5, 0.6) is 0 Å². The van der Waals surface area contributed by atoms with E-state index < -0.39 is 17.4 Å². The van der Waals surface area contributed by atoms with E-state index in [0.29, 0.717) is 23.6 Å². The van der Waals surface area contributed by atoms with E-state index in [1.807, 2.05) is 0 Å². The summed E-state index contributed by atoms with van der Waals surface area (Å²) in [6.07, 6.45) is 2.40. The highest BCUT2D eigenvalue weighted by atomic mass is 16.5. The smallest absolute Gasteiger partial charge is 0.292 e. The van der Waals surface area contributed by atoms with Gasteiger partial charge >= 0.3 is 0 Å². The van der Waals surface area contributed by atoms with E-state index in [0.717, 1.165) is 28.8 Å². The van der Waals surface area contributed by atoms with Crippen LogP contribution >= 0.6 is 0 Å². The van der Waals surface area contributed by atoms with Gasteiger partial charge in [-0.25, -0.2) is 4.68 Å². The molecule has 150 valence electrons. The van der Waals surface area contributed by atoms with Crippen LogP contribution in [-0.2, 0) is 12.8 Å². The molecule has 2 aromatic rings. The molecule has 2 amide bonds. The highest BCUT2D eigenvalue weighted by Crippen LogP contribution is 2.38. The molecule has 0 bridgehead atoms. The lowest BCUT2D eigenvalue weighted by molar-refractivity contribution is 0.0982. The number of carbonyl (C=O) groups is 2. The topological polar surface area (TPSA) is 120 Å². The fourth-order valence-corrected chi connectivity index (χ4v) is 3.81. The zero-order valence-corrected chi connectivity index (χ0v) is 16.9. The normalized spacial score (nSPS) is 16.5.